The van der Waals surface area contributed by atoms with Crippen LogP contribution >= 0.6 is 27.3 Å². The van der Waals surface area contributed by atoms with Crippen molar-refractivity contribution >= 4 is 33.2 Å². The van der Waals surface area contributed by atoms with Crippen LogP contribution in [0.5, 0.6) is 5.88 Å². The molecule has 0 bridgehead atoms. The zero-order valence-electron chi connectivity index (χ0n) is 9.35. The number of rotatable bonds is 4. The number of nitrogens with one attached hydrogen (secondary N) is 1. The Morgan fingerprint density at radius 2 is 2.29 bits per heavy atom. The Labute approximate surface area is 111 Å². The first kappa shape index (κ1) is 12.3. The number of nitrogens with zero attached hydrogens (tertiary/aromatic N) is 3. The van der Waals surface area contributed by atoms with Crippen molar-refractivity contribution in [2.45, 2.75) is 13.0 Å². The fourth-order valence-corrected chi connectivity index (χ4v) is 2.27. The van der Waals surface area contributed by atoms with E-state index in [2.05, 4.69) is 36.2 Å². The van der Waals surface area contributed by atoms with Gasteiger partial charge in [0, 0.05) is 11.6 Å². The van der Waals surface area contributed by atoms with Crippen LogP contribution in [0.2, 0.25) is 0 Å². The molecule has 0 fully saturated rings. The summed E-state index contributed by atoms with van der Waals surface area (Å²) in [5, 5.41) is 6.11. The Hall–Kier alpha value is -1.21. The van der Waals surface area contributed by atoms with Crippen molar-refractivity contribution in [1.29, 1.82) is 0 Å². The Morgan fingerprint density at radius 1 is 1.47 bits per heavy atom. The summed E-state index contributed by atoms with van der Waals surface area (Å²) in [6.45, 7) is 2.01. The normalized spacial score (nSPS) is 12.2. The Bertz CT molecular complexity index is 491. The summed E-state index contributed by atoms with van der Waals surface area (Å²) < 4.78 is 5.84. The highest BCUT2D eigenvalue weighted by molar-refractivity contribution is 9.10. The number of aromatic nitrogens is 3. The highest BCUT2D eigenvalue weighted by atomic mass is 79.9. The number of ether oxygens (including phenoxy) is 1. The SMILES string of the molecule is COc1nc(NC(C)c2nccs2)ncc1Br. The summed E-state index contributed by atoms with van der Waals surface area (Å²) in [5.41, 5.74) is 0. The molecule has 0 aliphatic carbocycles. The summed E-state index contributed by atoms with van der Waals surface area (Å²) in [6.07, 6.45) is 3.43. The lowest BCUT2D eigenvalue weighted by molar-refractivity contribution is 0.394. The highest BCUT2D eigenvalue weighted by Gasteiger charge is 2.11. The molecular weight excluding hydrogens is 304 g/mol. The van der Waals surface area contributed by atoms with Crippen molar-refractivity contribution < 1.29 is 4.74 Å². The minimum absolute atomic E-state index is 0.0703. The molecule has 0 aliphatic rings. The average molecular weight is 315 g/mol. The molecule has 2 heterocycles. The molecule has 0 saturated carbocycles. The molecule has 0 radical (unpaired) electrons. The standard InChI is InChI=1S/C10H11BrN4OS/c1-6(9-12-3-4-17-9)14-10-13-5-7(11)8(15-10)16-2/h3-6H,1-2H3,(H,13,14,15). The topological polar surface area (TPSA) is 59.9 Å². The Morgan fingerprint density at radius 3 is 2.94 bits per heavy atom. The van der Waals surface area contributed by atoms with Crippen LogP contribution in [0.4, 0.5) is 5.95 Å². The zero-order valence-corrected chi connectivity index (χ0v) is 11.7. The van der Waals surface area contributed by atoms with Crippen molar-refractivity contribution in [3.8, 4) is 5.88 Å². The van der Waals surface area contributed by atoms with E-state index in [9.17, 15) is 0 Å². The molecule has 0 aliphatic heterocycles. The smallest absolute Gasteiger partial charge is 0.232 e. The van der Waals surface area contributed by atoms with E-state index in [4.69, 9.17) is 4.74 Å². The van der Waals surface area contributed by atoms with Gasteiger partial charge in [-0.3, -0.25) is 0 Å². The van der Waals surface area contributed by atoms with Crippen molar-refractivity contribution in [1.82, 2.24) is 15.0 Å². The highest BCUT2D eigenvalue weighted by Crippen LogP contribution is 2.24. The Balaban J connectivity index is 2.13. The lowest BCUT2D eigenvalue weighted by atomic mass is 10.4. The molecule has 17 heavy (non-hydrogen) atoms. The van der Waals surface area contributed by atoms with Crippen LogP contribution in [0, 0.1) is 0 Å². The molecule has 1 N–H and O–H groups in total. The molecule has 2 aromatic heterocycles. The quantitative estimate of drug-likeness (QED) is 0.940. The molecule has 5 nitrogen and oxygen atoms in total. The number of halogens is 1. The van der Waals surface area contributed by atoms with E-state index in [1.807, 2.05) is 12.3 Å². The molecule has 0 aromatic carbocycles. The summed E-state index contributed by atoms with van der Waals surface area (Å²) in [6, 6.07) is 0.0703. The van der Waals surface area contributed by atoms with Crippen molar-refractivity contribution in [3.63, 3.8) is 0 Å². The third-order valence-corrected chi connectivity index (χ3v) is 3.57. The molecule has 1 unspecified atom stereocenters. The first-order chi connectivity index (χ1) is 8.20. The minimum Gasteiger partial charge on any atom is -0.480 e. The minimum atomic E-state index is 0.0703. The maximum atomic E-state index is 5.11. The van der Waals surface area contributed by atoms with Crippen molar-refractivity contribution in [3.05, 3.63) is 27.3 Å². The van der Waals surface area contributed by atoms with Gasteiger partial charge in [0.1, 0.15) is 5.01 Å². The monoisotopic (exact) mass is 314 g/mol. The van der Waals surface area contributed by atoms with Crippen LogP contribution < -0.4 is 10.1 Å². The van der Waals surface area contributed by atoms with Gasteiger partial charge in [-0.25, -0.2) is 9.97 Å². The molecule has 0 amide bonds. The van der Waals surface area contributed by atoms with Crippen molar-refractivity contribution in [2.75, 3.05) is 12.4 Å². The van der Waals surface area contributed by atoms with Gasteiger partial charge in [0.05, 0.1) is 23.8 Å². The van der Waals surface area contributed by atoms with Gasteiger partial charge in [-0.05, 0) is 22.9 Å². The van der Waals surface area contributed by atoms with Gasteiger partial charge < -0.3 is 10.1 Å². The third-order valence-electron chi connectivity index (χ3n) is 2.07. The summed E-state index contributed by atoms with van der Waals surface area (Å²) in [7, 11) is 1.57. The second-order valence-electron chi connectivity index (χ2n) is 3.29. The Kier molecular flexibility index (Phi) is 3.90. The first-order valence-corrected chi connectivity index (χ1v) is 6.60. The number of methoxy groups -OCH3 is 1. The van der Waals surface area contributed by atoms with Gasteiger partial charge in [0.25, 0.3) is 0 Å². The molecule has 0 spiro atoms. The molecule has 1 atom stereocenters. The number of hydrogen-bond donors (Lipinski definition) is 1. The average Bonchev–Trinajstić information content (AvgIpc) is 2.85. The van der Waals surface area contributed by atoms with Gasteiger partial charge in [0.15, 0.2) is 0 Å². The van der Waals surface area contributed by atoms with E-state index >= 15 is 0 Å². The predicted octanol–water partition coefficient (Wildman–Crippen LogP) is 2.88. The number of thiazole rings is 1. The van der Waals surface area contributed by atoms with Gasteiger partial charge in [-0.2, -0.15) is 4.98 Å². The molecule has 2 rings (SSSR count). The van der Waals surface area contributed by atoms with E-state index in [1.54, 1.807) is 30.8 Å². The van der Waals surface area contributed by atoms with Gasteiger partial charge in [-0.15, -0.1) is 11.3 Å². The lowest BCUT2D eigenvalue weighted by Gasteiger charge is -2.11. The fraction of sp³-hybridized carbons (Fsp3) is 0.300. The van der Waals surface area contributed by atoms with E-state index in [0.29, 0.717) is 11.8 Å². The maximum absolute atomic E-state index is 5.11. The van der Waals surface area contributed by atoms with E-state index in [0.717, 1.165) is 9.48 Å². The van der Waals surface area contributed by atoms with E-state index in [-0.39, 0.29) is 6.04 Å². The fourth-order valence-electron chi connectivity index (χ4n) is 1.27. The summed E-state index contributed by atoms with van der Waals surface area (Å²) >= 11 is 4.90. The van der Waals surface area contributed by atoms with E-state index in [1.165, 1.54) is 0 Å². The van der Waals surface area contributed by atoms with Crippen LogP contribution in [0.25, 0.3) is 0 Å². The van der Waals surface area contributed by atoms with E-state index < -0.39 is 0 Å². The van der Waals surface area contributed by atoms with Gasteiger partial charge >= 0.3 is 0 Å². The molecule has 0 saturated heterocycles. The van der Waals surface area contributed by atoms with Crippen LogP contribution in [0.1, 0.15) is 18.0 Å². The largest absolute Gasteiger partial charge is 0.480 e. The molecular formula is C10H11BrN4OS. The predicted molar refractivity (Wildman–Crippen MR) is 70.4 cm³/mol. The second kappa shape index (κ2) is 5.42. The zero-order chi connectivity index (χ0) is 12.3. The van der Waals surface area contributed by atoms with Gasteiger partial charge in [-0.1, -0.05) is 0 Å². The van der Waals surface area contributed by atoms with Crippen LogP contribution in [0.3, 0.4) is 0 Å². The van der Waals surface area contributed by atoms with Crippen molar-refractivity contribution in [2.24, 2.45) is 0 Å². The lowest BCUT2D eigenvalue weighted by Crippen LogP contribution is -2.09. The second-order valence-corrected chi connectivity index (χ2v) is 5.07. The van der Waals surface area contributed by atoms with Crippen LogP contribution in [-0.4, -0.2) is 22.1 Å². The van der Waals surface area contributed by atoms with Gasteiger partial charge in [0.2, 0.25) is 11.8 Å². The number of anilines is 1. The third kappa shape index (κ3) is 2.92. The maximum Gasteiger partial charge on any atom is 0.232 e. The summed E-state index contributed by atoms with van der Waals surface area (Å²) in [4.78, 5) is 12.6. The summed E-state index contributed by atoms with van der Waals surface area (Å²) in [5.74, 6) is 1.03. The molecule has 2 aromatic rings. The molecule has 90 valence electrons. The molecule has 7 heteroatoms. The van der Waals surface area contributed by atoms with Crippen LogP contribution in [0.15, 0.2) is 22.2 Å². The number of hydrogen-bond acceptors (Lipinski definition) is 6. The first-order valence-electron chi connectivity index (χ1n) is 4.93. The van der Waals surface area contributed by atoms with Crippen LogP contribution in [-0.2, 0) is 0 Å².